The highest BCUT2D eigenvalue weighted by atomic mass is 79.9. The Morgan fingerprint density at radius 3 is 2.95 bits per heavy atom. The van der Waals surface area contributed by atoms with Crippen LogP contribution in [-0.4, -0.2) is 15.7 Å². The molecule has 1 aromatic carbocycles. The Kier molecular flexibility index (Phi) is 3.84. The molecule has 1 amide bonds. The minimum atomic E-state index is -0.570. The average molecular weight is 327 g/mol. The number of nitrogens with two attached hydrogens (primary N) is 1. The SMILES string of the molecule is Cn1ncc(CNC(=O)c2cc(Br)ccc2F)c1N. The molecule has 0 radical (unpaired) electrons. The van der Waals surface area contributed by atoms with E-state index in [1.54, 1.807) is 13.2 Å². The summed E-state index contributed by atoms with van der Waals surface area (Å²) in [4.78, 5) is 11.9. The van der Waals surface area contributed by atoms with E-state index in [1.807, 2.05) is 0 Å². The first-order valence-electron chi connectivity index (χ1n) is 5.48. The summed E-state index contributed by atoms with van der Waals surface area (Å²) < 4.78 is 15.6. The number of benzene rings is 1. The number of halogens is 2. The number of nitrogens with one attached hydrogen (secondary N) is 1. The number of hydrogen-bond acceptors (Lipinski definition) is 3. The van der Waals surface area contributed by atoms with Crippen LogP contribution < -0.4 is 11.1 Å². The van der Waals surface area contributed by atoms with Gasteiger partial charge in [0.05, 0.1) is 11.8 Å². The van der Waals surface area contributed by atoms with Crippen LogP contribution in [0.1, 0.15) is 15.9 Å². The minimum absolute atomic E-state index is 0.0168. The molecule has 0 spiro atoms. The number of hydrogen-bond donors (Lipinski definition) is 2. The van der Waals surface area contributed by atoms with Gasteiger partial charge >= 0.3 is 0 Å². The minimum Gasteiger partial charge on any atom is -0.384 e. The van der Waals surface area contributed by atoms with Gasteiger partial charge in [0.2, 0.25) is 0 Å². The molecule has 5 nitrogen and oxygen atoms in total. The maximum Gasteiger partial charge on any atom is 0.254 e. The van der Waals surface area contributed by atoms with E-state index < -0.39 is 11.7 Å². The van der Waals surface area contributed by atoms with Crippen molar-refractivity contribution in [3.05, 3.63) is 45.8 Å². The van der Waals surface area contributed by atoms with Crippen molar-refractivity contribution >= 4 is 27.7 Å². The molecule has 100 valence electrons. The topological polar surface area (TPSA) is 72.9 Å². The molecule has 0 aliphatic carbocycles. The first-order valence-corrected chi connectivity index (χ1v) is 6.28. The van der Waals surface area contributed by atoms with Gasteiger partial charge in [0.15, 0.2) is 0 Å². The molecule has 0 saturated carbocycles. The van der Waals surface area contributed by atoms with Gasteiger partial charge in [0.1, 0.15) is 11.6 Å². The third kappa shape index (κ3) is 2.93. The third-order valence-electron chi connectivity index (χ3n) is 2.68. The zero-order valence-corrected chi connectivity index (χ0v) is 11.7. The van der Waals surface area contributed by atoms with Crippen molar-refractivity contribution in [2.24, 2.45) is 7.05 Å². The summed E-state index contributed by atoms with van der Waals surface area (Å²) in [5.74, 6) is -0.600. The summed E-state index contributed by atoms with van der Waals surface area (Å²) in [6.45, 7) is 0.199. The molecule has 0 aliphatic heterocycles. The lowest BCUT2D eigenvalue weighted by Crippen LogP contribution is -2.24. The van der Waals surface area contributed by atoms with Crippen molar-refractivity contribution in [2.75, 3.05) is 5.73 Å². The number of amides is 1. The van der Waals surface area contributed by atoms with E-state index in [4.69, 9.17) is 5.73 Å². The Hall–Kier alpha value is -1.89. The molecule has 7 heteroatoms. The number of nitrogens with zero attached hydrogens (tertiary/aromatic N) is 2. The Labute approximate surface area is 117 Å². The lowest BCUT2D eigenvalue weighted by molar-refractivity contribution is 0.0947. The van der Waals surface area contributed by atoms with Gasteiger partial charge in [0, 0.05) is 23.6 Å². The lowest BCUT2D eigenvalue weighted by Gasteiger charge is -2.06. The fourth-order valence-corrected chi connectivity index (χ4v) is 1.93. The molecular weight excluding hydrogens is 315 g/mol. The smallest absolute Gasteiger partial charge is 0.254 e. The number of nitrogen functional groups attached to an aromatic ring is 1. The molecule has 2 rings (SSSR count). The summed E-state index contributed by atoms with van der Waals surface area (Å²) in [5.41, 5.74) is 6.42. The van der Waals surface area contributed by atoms with E-state index in [2.05, 4.69) is 26.3 Å². The molecule has 1 heterocycles. The molecule has 1 aromatic heterocycles. The first-order chi connectivity index (χ1) is 8.99. The average Bonchev–Trinajstić information content (AvgIpc) is 2.70. The third-order valence-corrected chi connectivity index (χ3v) is 3.17. The molecule has 0 bridgehead atoms. The maximum absolute atomic E-state index is 13.5. The maximum atomic E-state index is 13.5. The summed E-state index contributed by atoms with van der Waals surface area (Å²) in [6.07, 6.45) is 1.56. The van der Waals surface area contributed by atoms with Gasteiger partial charge in [-0.15, -0.1) is 0 Å². The van der Waals surface area contributed by atoms with Gasteiger partial charge in [-0.25, -0.2) is 4.39 Å². The molecule has 0 aliphatic rings. The van der Waals surface area contributed by atoms with E-state index in [0.717, 1.165) is 0 Å². The second-order valence-corrected chi connectivity index (χ2v) is 4.90. The highest BCUT2D eigenvalue weighted by Gasteiger charge is 2.13. The van der Waals surface area contributed by atoms with E-state index in [0.29, 0.717) is 15.9 Å². The highest BCUT2D eigenvalue weighted by Crippen LogP contribution is 2.16. The van der Waals surface area contributed by atoms with E-state index in [-0.39, 0.29) is 12.1 Å². The standard InChI is InChI=1S/C12H12BrFN4O/c1-18-11(15)7(6-17-18)5-16-12(19)9-4-8(13)2-3-10(9)14/h2-4,6H,5,15H2,1H3,(H,16,19). The summed E-state index contributed by atoms with van der Waals surface area (Å²) in [5, 5.41) is 6.56. The zero-order chi connectivity index (χ0) is 14.0. The molecule has 2 aromatic rings. The van der Waals surface area contributed by atoms with Crippen LogP contribution in [0, 0.1) is 5.82 Å². The molecule has 0 unspecified atom stereocenters. The van der Waals surface area contributed by atoms with Gasteiger partial charge in [-0.1, -0.05) is 15.9 Å². The fraction of sp³-hybridized carbons (Fsp3) is 0.167. The van der Waals surface area contributed by atoms with Crippen molar-refractivity contribution in [1.29, 1.82) is 0 Å². The van der Waals surface area contributed by atoms with E-state index in [1.165, 1.54) is 22.9 Å². The van der Waals surface area contributed by atoms with Gasteiger partial charge in [-0.05, 0) is 18.2 Å². The molecule has 19 heavy (non-hydrogen) atoms. The van der Waals surface area contributed by atoms with Crippen molar-refractivity contribution in [3.63, 3.8) is 0 Å². The monoisotopic (exact) mass is 326 g/mol. The number of aryl methyl sites for hydroxylation is 1. The van der Waals surface area contributed by atoms with Crippen LogP contribution in [0.15, 0.2) is 28.9 Å². The Bertz CT molecular complexity index is 626. The van der Waals surface area contributed by atoms with Gasteiger partial charge in [-0.3, -0.25) is 9.48 Å². The molecular formula is C12H12BrFN4O. The number of anilines is 1. The molecule has 0 saturated heterocycles. The number of rotatable bonds is 3. The summed E-state index contributed by atoms with van der Waals surface area (Å²) in [7, 11) is 1.70. The predicted molar refractivity (Wildman–Crippen MR) is 72.9 cm³/mol. The Balaban J connectivity index is 2.09. The number of carbonyl (C=O) groups excluding carboxylic acids is 1. The van der Waals surface area contributed by atoms with Gasteiger partial charge in [-0.2, -0.15) is 5.10 Å². The zero-order valence-electron chi connectivity index (χ0n) is 10.2. The Morgan fingerprint density at radius 2 is 2.32 bits per heavy atom. The second-order valence-electron chi connectivity index (χ2n) is 3.99. The van der Waals surface area contributed by atoms with Crippen LogP contribution in [0.2, 0.25) is 0 Å². The van der Waals surface area contributed by atoms with E-state index in [9.17, 15) is 9.18 Å². The van der Waals surface area contributed by atoms with Gasteiger partial charge < -0.3 is 11.1 Å². The van der Waals surface area contributed by atoms with Crippen molar-refractivity contribution in [3.8, 4) is 0 Å². The largest absolute Gasteiger partial charge is 0.384 e. The van der Waals surface area contributed by atoms with Crippen LogP contribution in [0.3, 0.4) is 0 Å². The number of carbonyl (C=O) groups is 1. The molecule has 3 N–H and O–H groups in total. The quantitative estimate of drug-likeness (QED) is 0.903. The normalized spacial score (nSPS) is 10.5. The number of aromatic nitrogens is 2. The van der Waals surface area contributed by atoms with Crippen LogP contribution >= 0.6 is 15.9 Å². The lowest BCUT2D eigenvalue weighted by atomic mass is 10.2. The van der Waals surface area contributed by atoms with Gasteiger partial charge in [0.25, 0.3) is 5.91 Å². The first kappa shape index (κ1) is 13.5. The van der Waals surface area contributed by atoms with Crippen LogP contribution in [0.5, 0.6) is 0 Å². The van der Waals surface area contributed by atoms with Crippen molar-refractivity contribution in [1.82, 2.24) is 15.1 Å². The van der Waals surface area contributed by atoms with Crippen molar-refractivity contribution < 1.29 is 9.18 Å². The predicted octanol–water partition coefficient (Wildman–Crippen LogP) is 1.83. The molecule has 0 atom stereocenters. The van der Waals surface area contributed by atoms with Crippen LogP contribution in [0.4, 0.5) is 10.2 Å². The highest BCUT2D eigenvalue weighted by molar-refractivity contribution is 9.10. The van der Waals surface area contributed by atoms with Crippen LogP contribution in [-0.2, 0) is 13.6 Å². The van der Waals surface area contributed by atoms with E-state index >= 15 is 0 Å². The van der Waals surface area contributed by atoms with Crippen molar-refractivity contribution in [2.45, 2.75) is 6.54 Å². The summed E-state index contributed by atoms with van der Waals surface area (Å²) in [6, 6.07) is 4.19. The summed E-state index contributed by atoms with van der Waals surface area (Å²) >= 11 is 3.20. The van der Waals surface area contributed by atoms with Crippen LogP contribution in [0.25, 0.3) is 0 Å². The fourth-order valence-electron chi connectivity index (χ4n) is 1.57. The Morgan fingerprint density at radius 1 is 1.58 bits per heavy atom. The second kappa shape index (κ2) is 5.40. The molecule has 0 fully saturated rings.